The molecule has 2 aliphatic rings. The predicted molar refractivity (Wildman–Crippen MR) is 83.8 cm³/mol. The van der Waals surface area contributed by atoms with Crippen molar-refractivity contribution in [2.24, 2.45) is 0 Å². The van der Waals surface area contributed by atoms with E-state index in [2.05, 4.69) is 31.4 Å². The van der Waals surface area contributed by atoms with Crippen molar-refractivity contribution in [1.82, 2.24) is 25.3 Å². The van der Waals surface area contributed by atoms with E-state index in [1.165, 1.54) is 18.4 Å². The fraction of sp³-hybridized carbons (Fsp3) is 0.533. The summed E-state index contributed by atoms with van der Waals surface area (Å²) in [7, 11) is 0. The first-order chi connectivity index (χ1) is 10.4. The van der Waals surface area contributed by atoms with E-state index in [1.807, 2.05) is 18.5 Å². The Morgan fingerprint density at radius 1 is 1.36 bits per heavy atom. The van der Waals surface area contributed by atoms with E-state index in [1.54, 1.807) is 0 Å². The summed E-state index contributed by atoms with van der Waals surface area (Å²) in [6.45, 7) is 3.63. The predicted octanol–water partition coefficient (Wildman–Crippen LogP) is 1.91. The molecule has 3 heterocycles. The summed E-state index contributed by atoms with van der Waals surface area (Å²) >= 11 is 0. The van der Waals surface area contributed by atoms with Crippen molar-refractivity contribution < 1.29 is 4.52 Å². The Balaban J connectivity index is 0.00000144. The molecule has 1 atom stereocenters. The highest BCUT2D eigenvalue weighted by atomic mass is 35.5. The molecule has 1 N–H and O–H groups in total. The molecule has 2 fully saturated rings. The Morgan fingerprint density at radius 2 is 2.27 bits per heavy atom. The number of halogens is 1. The summed E-state index contributed by atoms with van der Waals surface area (Å²) < 4.78 is 5.36. The fourth-order valence-electron chi connectivity index (χ4n) is 2.85. The van der Waals surface area contributed by atoms with Crippen molar-refractivity contribution in [3.8, 4) is 0 Å². The normalized spacial score (nSPS) is 22.3. The molecule has 1 unspecified atom stereocenters. The van der Waals surface area contributed by atoms with Crippen LogP contribution in [0.2, 0.25) is 0 Å². The van der Waals surface area contributed by atoms with Gasteiger partial charge in [-0.25, -0.2) is 0 Å². The number of hydrogen-bond donors (Lipinski definition) is 1. The van der Waals surface area contributed by atoms with Crippen molar-refractivity contribution >= 4 is 12.4 Å². The second kappa shape index (κ2) is 6.73. The minimum Gasteiger partial charge on any atom is -0.339 e. The van der Waals surface area contributed by atoms with E-state index in [0.29, 0.717) is 12.0 Å². The largest absolute Gasteiger partial charge is 0.339 e. The van der Waals surface area contributed by atoms with E-state index < -0.39 is 0 Å². The van der Waals surface area contributed by atoms with Gasteiger partial charge in [0.25, 0.3) is 0 Å². The summed E-state index contributed by atoms with van der Waals surface area (Å²) in [5, 5.41) is 7.58. The van der Waals surface area contributed by atoms with Gasteiger partial charge in [0.2, 0.25) is 5.89 Å². The molecule has 4 rings (SSSR count). The zero-order valence-corrected chi connectivity index (χ0v) is 13.1. The fourth-order valence-corrected chi connectivity index (χ4v) is 2.85. The van der Waals surface area contributed by atoms with E-state index in [-0.39, 0.29) is 12.4 Å². The molecule has 118 valence electrons. The minimum absolute atomic E-state index is 0. The average molecular weight is 322 g/mol. The maximum atomic E-state index is 5.36. The van der Waals surface area contributed by atoms with Crippen LogP contribution in [0.5, 0.6) is 0 Å². The van der Waals surface area contributed by atoms with Gasteiger partial charge < -0.3 is 9.84 Å². The van der Waals surface area contributed by atoms with Crippen LogP contribution in [0, 0.1) is 0 Å². The van der Waals surface area contributed by atoms with Crippen LogP contribution in [-0.2, 0) is 6.54 Å². The topological polar surface area (TPSA) is 67.1 Å². The first-order valence-electron chi connectivity index (χ1n) is 7.57. The third kappa shape index (κ3) is 3.29. The second-order valence-corrected chi connectivity index (χ2v) is 5.80. The van der Waals surface area contributed by atoms with Gasteiger partial charge in [0.05, 0.1) is 6.54 Å². The first kappa shape index (κ1) is 15.4. The lowest BCUT2D eigenvalue weighted by atomic mass is 10.1. The van der Waals surface area contributed by atoms with Crippen LogP contribution in [0.3, 0.4) is 0 Å². The number of rotatable bonds is 4. The van der Waals surface area contributed by atoms with Crippen molar-refractivity contribution in [3.05, 3.63) is 41.8 Å². The Kier molecular flexibility index (Phi) is 4.71. The summed E-state index contributed by atoms with van der Waals surface area (Å²) in [6.07, 6.45) is 6.13. The molecule has 0 amide bonds. The molecule has 7 heteroatoms. The Hall–Kier alpha value is -1.50. The van der Waals surface area contributed by atoms with E-state index in [0.717, 1.165) is 37.9 Å². The van der Waals surface area contributed by atoms with E-state index in [4.69, 9.17) is 4.52 Å². The highest BCUT2D eigenvalue weighted by Gasteiger charge is 2.31. The van der Waals surface area contributed by atoms with Gasteiger partial charge in [-0.1, -0.05) is 11.2 Å². The highest BCUT2D eigenvalue weighted by molar-refractivity contribution is 5.85. The van der Waals surface area contributed by atoms with Crippen LogP contribution in [0.15, 0.2) is 29.0 Å². The zero-order valence-electron chi connectivity index (χ0n) is 12.3. The van der Waals surface area contributed by atoms with Gasteiger partial charge in [0.15, 0.2) is 5.82 Å². The molecule has 0 aromatic carbocycles. The number of nitrogens with one attached hydrogen (secondary N) is 1. The lowest BCUT2D eigenvalue weighted by Gasteiger charge is -2.35. The van der Waals surface area contributed by atoms with Gasteiger partial charge in [0, 0.05) is 44.0 Å². The second-order valence-electron chi connectivity index (χ2n) is 5.80. The molecule has 2 aromatic rings. The highest BCUT2D eigenvalue weighted by Crippen LogP contribution is 2.39. The molecule has 1 aliphatic heterocycles. The van der Waals surface area contributed by atoms with E-state index in [9.17, 15) is 0 Å². The third-order valence-corrected chi connectivity index (χ3v) is 4.18. The number of piperazine rings is 1. The van der Waals surface area contributed by atoms with Gasteiger partial charge >= 0.3 is 0 Å². The lowest BCUT2D eigenvalue weighted by Crippen LogP contribution is -2.45. The Morgan fingerprint density at radius 3 is 3.05 bits per heavy atom. The van der Waals surface area contributed by atoms with E-state index >= 15 is 0 Å². The van der Waals surface area contributed by atoms with Crippen molar-refractivity contribution in [2.45, 2.75) is 31.3 Å². The number of aromatic nitrogens is 3. The molecule has 22 heavy (non-hydrogen) atoms. The van der Waals surface area contributed by atoms with Crippen molar-refractivity contribution in [1.29, 1.82) is 0 Å². The van der Waals surface area contributed by atoms with Crippen LogP contribution in [-0.4, -0.2) is 39.7 Å². The number of pyridine rings is 1. The SMILES string of the molecule is Cl.c1cncc(C2CNCCN2Cc2noc(C3CC3)n2)c1. The monoisotopic (exact) mass is 321 g/mol. The number of nitrogens with zero attached hydrogens (tertiary/aromatic N) is 4. The molecular formula is C15H20ClN5O. The van der Waals surface area contributed by atoms with Crippen LogP contribution >= 0.6 is 12.4 Å². The van der Waals surface area contributed by atoms with Gasteiger partial charge in [-0.3, -0.25) is 9.88 Å². The van der Waals surface area contributed by atoms with Gasteiger partial charge in [0.1, 0.15) is 0 Å². The van der Waals surface area contributed by atoms with Crippen LogP contribution in [0.4, 0.5) is 0 Å². The Bertz CT molecular complexity index is 601. The smallest absolute Gasteiger partial charge is 0.229 e. The quantitative estimate of drug-likeness (QED) is 0.928. The van der Waals surface area contributed by atoms with Crippen LogP contribution in [0.25, 0.3) is 0 Å². The van der Waals surface area contributed by atoms with Crippen LogP contribution in [0.1, 0.15) is 42.1 Å². The summed E-state index contributed by atoms with van der Waals surface area (Å²) in [6, 6.07) is 4.43. The molecule has 6 nitrogen and oxygen atoms in total. The maximum Gasteiger partial charge on any atom is 0.229 e. The lowest BCUT2D eigenvalue weighted by molar-refractivity contribution is 0.148. The molecule has 0 spiro atoms. The molecule has 0 radical (unpaired) electrons. The zero-order chi connectivity index (χ0) is 14.1. The molecule has 1 saturated heterocycles. The summed E-state index contributed by atoms with van der Waals surface area (Å²) in [5.41, 5.74) is 1.23. The third-order valence-electron chi connectivity index (χ3n) is 4.18. The molecule has 1 aliphatic carbocycles. The van der Waals surface area contributed by atoms with Gasteiger partial charge in [-0.05, 0) is 24.5 Å². The summed E-state index contributed by atoms with van der Waals surface area (Å²) in [4.78, 5) is 11.2. The van der Waals surface area contributed by atoms with Crippen LogP contribution < -0.4 is 5.32 Å². The maximum absolute atomic E-state index is 5.36. The molecular weight excluding hydrogens is 302 g/mol. The number of hydrogen-bond acceptors (Lipinski definition) is 6. The molecule has 1 saturated carbocycles. The van der Waals surface area contributed by atoms with Crippen molar-refractivity contribution in [2.75, 3.05) is 19.6 Å². The van der Waals surface area contributed by atoms with Crippen molar-refractivity contribution in [3.63, 3.8) is 0 Å². The first-order valence-corrected chi connectivity index (χ1v) is 7.57. The summed E-state index contributed by atoms with van der Waals surface area (Å²) in [5.74, 6) is 2.13. The molecule has 0 bridgehead atoms. The standard InChI is InChI=1S/C15H19N5O.ClH/c1-2-12(8-16-5-1)13-9-17-6-7-20(13)10-14-18-15(21-19-14)11-3-4-11;/h1-2,5,8,11,13,17H,3-4,6-7,9-10H2;1H. The Labute approximate surface area is 135 Å². The average Bonchev–Trinajstić information content (AvgIpc) is 3.29. The molecule has 2 aromatic heterocycles. The van der Waals surface area contributed by atoms with Gasteiger partial charge in [-0.15, -0.1) is 12.4 Å². The minimum atomic E-state index is 0. The van der Waals surface area contributed by atoms with Gasteiger partial charge in [-0.2, -0.15) is 4.98 Å².